The molecule has 0 bridgehead atoms. The van der Waals surface area contributed by atoms with Gasteiger partial charge in [-0.15, -0.1) is 5.10 Å². The van der Waals surface area contributed by atoms with Gasteiger partial charge in [-0.3, -0.25) is 0 Å². The molecule has 0 radical (unpaired) electrons. The molecule has 1 saturated heterocycles. The van der Waals surface area contributed by atoms with Gasteiger partial charge in [0.05, 0.1) is 5.69 Å². The normalized spacial score (nSPS) is 25.2. The Bertz CT molecular complexity index is 847. The van der Waals surface area contributed by atoms with Gasteiger partial charge in [0.2, 0.25) is 0 Å². The predicted octanol–water partition coefficient (Wildman–Crippen LogP) is 3.76. The Labute approximate surface area is 158 Å². The van der Waals surface area contributed by atoms with E-state index in [0.717, 1.165) is 17.1 Å². The van der Waals surface area contributed by atoms with Crippen LogP contribution in [0.2, 0.25) is 0 Å². The average molecular weight is 371 g/mol. The second kappa shape index (κ2) is 6.96. The number of carbonyl (C=O) groups is 1. The molecule has 27 heavy (non-hydrogen) atoms. The van der Waals surface area contributed by atoms with Gasteiger partial charge in [0.15, 0.2) is 5.82 Å². The van der Waals surface area contributed by atoms with Crippen LogP contribution in [0.1, 0.15) is 61.5 Å². The van der Waals surface area contributed by atoms with E-state index >= 15 is 0 Å². The highest BCUT2D eigenvalue weighted by molar-refractivity contribution is 5.62. The largest absolute Gasteiger partial charge is 0.509 e. The molecular weight excluding hydrogens is 346 g/mol. The SMILES string of the molecule is CCOC(C)c1nc(C2C[C@@H]3OC(=O)O[C@@H]3C2)n(-c2ccc(C)cc2C)n1. The fourth-order valence-corrected chi connectivity index (χ4v) is 4.02. The molecular formula is C20H25N3O4. The quantitative estimate of drug-likeness (QED) is 0.745. The summed E-state index contributed by atoms with van der Waals surface area (Å²) in [7, 11) is 0. The summed E-state index contributed by atoms with van der Waals surface area (Å²) in [5, 5.41) is 4.77. The molecule has 4 rings (SSSR count). The first kappa shape index (κ1) is 18.0. The number of hydrogen-bond donors (Lipinski definition) is 0. The van der Waals surface area contributed by atoms with Crippen LogP contribution >= 0.6 is 0 Å². The molecule has 2 unspecified atom stereocenters. The molecule has 0 spiro atoms. The summed E-state index contributed by atoms with van der Waals surface area (Å²) in [6.07, 6.45) is 0.255. The summed E-state index contributed by atoms with van der Waals surface area (Å²) in [5.74, 6) is 1.66. The van der Waals surface area contributed by atoms with E-state index in [1.807, 2.05) is 18.5 Å². The summed E-state index contributed by atoms with van der Waals surface area (Å²) in [4.78, 5) is 16.2. The zero-order chi connectivity index (χ0) is 19.1. The van der Waals surface area contributed by atoms with Gasteiger partial charge >= 0.3 is 6.16 Å². The van der Waals surface area contributed by atoms with Crippen LogP contribution in [0.15, 0.2) is 18.2 Å². The van der Waals surface area contributed by atoms with Crippen LogP contribution in [0.4, 0.5) is 4.79 Å². The molecule has 1 aliphatic heterocycles. The monoisotopic (exact) mass is 371 g/mol. The summed E-state index contributed by atoms with van der Waals surface area (Å²) in [5.41, 5.74) is 3.35. The Hall–Kier alpha value is -2.41. The molecule has 1 aliphatic carbocycles. The van der Waals surface area contributed by atoms with Crippen LogP contribution in [-0.2, 0) is 14.2 Å². The summed E-state index contributed by atoms with van der Waals surface area (Å²) < 4.78 is 18.2. The first-order chi connectivity index (χ1) is 13.0. The first-order valence-electron chi connectivity index (χ1n) is 9.49. The smallest absolute Gasteiger partial charge is 0.427 e. The minimum absolute atomic E-state index is 0.115. The standard InChI is InChI=1S/C20H25N3O4/c1-5-25-13(4)18-21-19(14-9-16-17(10-14)27-20(24)26-16)23(22-18)15-7-6-11(2)8-12(15)3/h6-8,13-14,16-17H,5,9-10H2,1-4H3/t13?,14?,16-,17+. The molecule has 1 aromatic heterocycles. The summed E-state index contributed by atoms with van der Waals surface area (Å²) in [6.45, 7) is 8.68. The van der Waals surface area contributed by atoms with Crippen LogP contribution in [0.3, 0.4) is 0 Å². The van der Waals surface area contributed by atoms with Crippen LogP contribution in [0, 0.1) is 13.8 Å². The van der Waals surface area contributed by atoms with Crippen molar-refractivity contribution in [1.82, 2.24) is 14.8 Å². The third kappa shape index (κ3) is 3.32. The number of rotatable bonds is 5. The van der Waals surface area contributed by atoms with Crippen molar-refractivity contribution in [2.75, 3.05) is 6.61 Å². The average Bonchev–Trinajstić information content (AvgIpc) is 3.27. The Balaban J connectivity index is 1.72. The van der Waals surface area contributed by atoms with Gasteiger partial charge in [-0.2, -0.15) is 0 Å². The highest BCUT2D eigenvalue weighted by Crippen LogP contribution is 2.41. The molecule has 4 atom stereocenters. The van der Waals surface area contributed by atoms with Crippen molar-refractivity contribution in [1.29, 1.82) is 0 Å². The zero-order valence-electron chi connectivity index (χ0n) is 16.1. The molecule has 2 aromatic rings. The number of ether oxygens (including phenoxy) is 3. The molecule has 0 N–H and O–H groups in total. The lowest BCUT2D eigenvalue weighted by Gasteiger charge is -2.14. The molecule has 144 valence electrons. The number of carbonyl (C=O) groups excluding carboxylic acids is 1. The van der Waals surface area contributed by atoms with Gasteiger partial charge in [0.1, 0.15) is 24.1 Å². The van der Waals surface area contributed by atoms with Crippen molar-refractivity contribution in [3.05, 3.63) is 41.0 Å². The number of aryl methyl sites for hydroxylation is 2. The fourth-order valence-electron chi connectivity index (χ4n) is 4.02. The Morgan fingerprint density at radius 2 is 1.96 bits per heavy atom. The van der Waals surface area contributed by atoms with Crippen molar-refractivity contribution < 1.29 is 19.0 Å². The Morgan fingerprint density at radius 1 is 1.26 bits per heavy atom. The number of nitrogens with zero attached hydrogens (tertiary/aromatic N) is 3. The minimum Gasteiger partial charge on any atom is -0.427 e. The molecule has 2 heterocycles. The lowest BCUT2D eigenvalue weighted by molar-refractivity contribution is 0.0701. The van der Waals surface area contributed by atoms with Crippen molar-refractivity contribution in [2.45, 2.75) is 64.8 Å². The molecule has 2 aliphatic rings. The van der Waals surface area contributed by atoms with E-state index in [-0.39, 0.29) is 24.2 Å². The topological polar surface area (TPSA) is 75.5 Å². The maximum Gasteiger partial charge on any atom is 0.509 e. The molecule has 1 aromatic carbocycles. The van der Waals surface area contributed by atoms with Crippen LogP contribution < -0.4 is 0 Å². The van der Waals surface area contributed by atoms with E-state index in [0.29, 0.717) is 25.3 Å². The maximum atomic E-state index is 11.3. The summed E-state index contributed by atoms with van der Waals surface area (Å²) in [6, 6.07) is 6.29. The predicted molar refractivity (Wildman–Crippen MR) is 98.0 cm³/mol. The lowest BCUT2D eigenvalue weighted by atomic mass is 10.1. The highest BCUT2D eigenvalue weighted by atomic mass is 16.8. The molecule has 7 nitrogen and oxygen atoms in total. The fraction of sp³-hybridized carbons (Fsp3) is 0.550. The van der Waals surface area contributed by atoms with E-state index in [4.69, 9.17) is 24.3 Å². The second-order valence-electron chi connectivity index (χ2n) is 7.36. The number of fused-ring (bicyclic) bond motifs is 1. The molecule has 1 saturated carbocycles. The van der Waals surface area contributed by atoms with Crippen molar-refractivity contribution >= 4 is 6.16 Å². The van der Waals surface area contributed by atoms with E-state index < -0.39 is 6.16 Å². The van der Waals surface area contributed by atoms with E-state index in [1.165, 1.54) is 5.56 Å². The highest BCUT2D eigenvalue weighted by Gasteiger charge is 2.47. The molecule has 2 fully saturated rings. The summed E-state index contributed by atoms with van der Waals surface area (Å²) >= 11 is 0. The van der Waals surface area contributed by atoms with Gasteiger partial charge in [-0.25, -0.2) is 14.5 Å². The zero-order valence-corrected chi connectivity index (χ0v) is 16.1. The number of hydrogen-bond acceptors (Lipinski definition) is 6. The van der Waals surface area contributed by atoms with Crippen LogP contribution in [-0.4, -0.2) is 39.7 Å². The third-order valence-electron chi connectivity index (χ3n) is 5.32. The first-order valence-corrected chi connectivity index (χ1v) is 9.49. The van der Waals surface area contributed by atoms with Crippen LogP contribution in [0.5, 0.6) is 0 Å². The number of aromatic nitrogens is 3. The minimum atomic E-state index is -0.565. The van der Waals surface area contributed by atoms with Gasteiger partial charge < -0.3 is 14.2 Å². The van der Waals surface area contributed by atoms with Gasteiger partial charge in [-0.05, 0) is 52.2 Å². The maximum absolute atomic E-state index is 11.3. The second-order valence-corrected chi connectivity index (χ2v) is 7.36. The third-order valence-corrected chi connectivity index (χ3v) is 5.32. The Kier molecular flexibility index (Phi) is 4.63. The van der Waals surface area contributed by atoms with Gasteiger partial charge in [-0.1, -0.05) is 17.7 Å². The van der Waals surface area contributed by atoms with Crippen molar-refractivity contribution in [2.24, 2.45) is 0 Å². The number of benzene rings is 1. The van der Waals surface area contributed by atoms with Crippen molar-refractivity contribution in [3.8, 4) is 5.69 Å². The van der Waals surface area contributed by atoms with E-state index in [9.17, 15) is 4.79 Å². The van der Waals surface area contributed by atoms with E-state index in [1.54, 1.807) is 0 Å². The molecule has 7 heteroatoms. The van der Waals surface area contributed by atoms with Crippen molar-refractivity contribution in [3.63, 3.8) is 0 Å². The lowest BCUT2D eigenvalue weighted by Crippen LogP contribution is -2.13. The Morgan fingerprint density at radius 3 is 2.59 bits per heavy atom. The van der Waals surface area contributed by atoms with Gasteiger partial charge in [0.25, 0.3) is 0 Å². The van der Waals surface area contributed by atoms with Gasteiger partial charge in [0, 0.05) is 12.5 Å². The van der Waals surface area contributed by atoms with E-state index in [2.05, 4.69) is 32.0 Å². The molecule has 0 amide bonds. The van der Waals surface area contributed by atoms with Crippen LogP contribution in [0.25, 0.3) is 5.69 Å².